The fourth-order valence-corrected chi connectivity index (χ4v) is 1.15. The quantitative estimate of drug-likeness (QED) is 0.583. The molecule has 0 aromatic rings. The third-order valence-corrected chi connectivity index (χ3v) is 2.07. The lowest BCUT2D eigenvalue weighted by atomic mass is 10.1. The molecule has 0 aliphatic heterocycles. The highest BCUT2D eigenvalue weighted by atomic mass is 31.0. The average Bonchev–Trinajstić information content (AvgIpc) is 1.91. The van der Waals surface area contributed by atoms with Crippen LogP contribution >= 0.6 is 9.24 Å². The molecule has 0 aromatic heterocycles. The molecule has 0 aliphatic carbocycles. The first-order valence-electron chi connectivity index (χ1n) is 3.72. The van der Waals surface area contributed by atoms with Gasteiger partial charge in [-0.1, -0.05) is 6.92 Å². The van der Waals surface area contributed by atoms with Crippen molar-refractivity contribution in [2.45, 2.75) is 32.2 Å². The molecule has 2 atom stereocenters. The third kappa shape index (κ3) is 4.87. The molecule has 0 saturated heterocycles. The summed E-state index contributed by atoms with van der Waals surface area (Å²) in [5.41, 5.74) is 0. The van der Waals surface area contributed by atoms with E-state index in [0.29, 0.717) is 0 Å². The molecule has 1 N–H and O–H groups in total. The van der Waals surface area contributed by atoms with Gasteiger partial charge in [0.05, 0.1) is 0 Å². The van der Waals surface area contributed by atoms with Gasteiger partial charge in [0.15, 0.2) is 0 Å². The highest BCUT2D eigenvalue weighted by Gasteiger charge is 1.99. The van der Waals surface area contributed by atoms with Crippen LogP contribution in [0.3, 0.4) is 0 Å². The summed E-state index contributed by atoms with van der Waals surface area (Å²) in [5.74, 6) is 0. The van der Waals surface area contributed by atoms with Crippen LogP contribution in [0.25, 0.3) is 0 Å². The normalized spacial score (nSPS) is 13.7. The highest BCUT2D eigenvalue weighted by molar-refractivity contribution is 7.16. The van der Waals surface area contributed by atoms with Gasteiger partial charge >= 0.3 is 0 Å². The van der Waals surface area contributed by atoms with Gasteiger partial charge in [-0.3, -0.25) is 0 Å². The Morgan fingerprint density at radius 2 is 2.22 bits per heavy atom. The third-order valence-electron chi connectivity index (χ3n) is 1.66. The molecule has 0 amide bonds. The van der Waals surface area contributed by atoms with E-state index < -0.39 is 0 Å². The van der Waals surface area contributed by atoms with E-state index in [0.717, 1.165) is 6.04 Å². The minimum Gasteiger partial charge on any atom is -0.317 e. The number of hydrogen-bond acceptors (Lipinski definition) is 1. The lowest BCUT2D eigenvalue weighted by Crippen LogP contribution is -2.23. The Kier molecular flexibility index (Phi) is 6.79. The smallest absolute Gasteiger partial charge is 0.00615 e. The summed E-state index contributed by atoms with van der Waals surface area (Å²) >= 11 is 0. The number of rotatable bonds is 5. The highest BCUT2D eigenvalue weighted by Crippen LogP contribution is 2.02. The number of hydrogen-bond donors (Lipinski definition) is 1. The molecular formula is C7H18NP. The molecule has 0 saturated carbocycles. The number of nitrogens with one attached hydrogen (secondary N) is 1. The molecule has 0 aliphatic rings. The van der Waals surface area contributed by atoms with Crippen molar-refractivity contribution in [1.29, 1.82) is 0 Å². The van der Waals surface area contributed by atoms with E-state index in [4.69, 9.17) is 0 Å². The largest absolute Gasteiger partial charge is 0.317 e. The lowest BCUT2D eigenvalue weighted by molar-refractivity contribution is 0.504. The van der Waals surface area contributed by atoms with Crippen molar-refractivity contribution in [2.75, 3.05) is 13.2 Å². The van der Waals surface area contributed by atoms with Gasteiger partial charge in [-0.15, -0.1) is 9.24 Å². The summed E-state index contributed by atoms with van der Waals surface area (Å²) in [5, 5.41) is 3.28. The van der Waals surface area contributed by atoms with Gasteiger partial charge in [-0.25, -0.2) is 0 Å². The van der Waals surface area contributed by atoms with Gasteiger partial charge in [0.25, 0.3) is 0 Å². The van der Waals surface area contributed by atoms with E-state index in [9.17, 15) is 0 Å². The Labute approximate surface area is 60.8 Å². The van der Waals surface area contributed by atoms with Gasteiger partial charge in [0.2, 0.25) is 0 Å². The van der Waals surface area contributed by atoms with Crippen LogP contribution < -0.4 is 5.32 Å². The summed E-state index contributed by atoms with van der Waals surface area (Å²) in [6.07, 6.45) is 5.12. The van der Waals surface area contributed by atoms with Gasteiger partial charge in [-0.2, -0.15) is 0 Å². The van der Waals surface area contributed by atoms with Crippen LogP contribution in [-0.2, 0) is 0 Å². The van der Waals surface area contributed by atoms with Crippen molar-refractivity contribution in [3.05, 3.63) is 0 Å². The van der Waals surface area contributed by atoms with Crippen molar-refractivity contribution in [1.82, 2.24) is 5.32 Å². The second kappa shape index (κ2) is 6.51. The molecule has 0 heterocycles. The molecular weight excluding hydrogens is 129 g/mol. The lowest BCUT2D eigenvalue weighted by Gasteiger charge is -2.11. The van der Waals surface area contributed by atoms with Gasteiger partial charge < -0.3 is 5.32 Å². The van der Waals surface area contributed by atoms with Crippen LogP contribution in [0.5, 0.6) is 0 Å². The Balaban J connectivity index is 3.09. The fraction of sp³-hybridized carbons (Fsp3) is 1.00. The zero-order valence-electron chi connectivity index (χ0n) is 6.48. The van der Waals surface area contributed by atoms with Crippen LogP contribution in [0.15, 0.2) is 0 Å². The van der Waals surface area contributed by atoms with Crippen molar-refractivity contribution >= 4 is 9.24 Å². The predicted octanol–water partition coefficient (Wildman–Crippen LogP) is 1.64. The standard InChI is InChI=1S/C7H18NP/c1-3-7(8-2)5-4-6-9/h7-8H,3-6,9H2,1-2H3. The van der Waals surface area contributed by atoms with Crippen molar-refractivity contribution in [3.8, 4) is 0 Å². The van der Waals surface area contributed by atoms with E-state index in [-0.39, 0.29) is 0 Å². The van der Waals surface area contributed by atoms with E-state index in [1.165, 1.54) is 25.4 Å². The van der Waals surface area contributed by atoms with E-state index in [1.54, 1.807) is 0 Å². The molecule has 0 bridgehead atoms. The maximum atomic E-state index is 3.28. The molecule has 9 heavy (non-hydrogen) atoms. The first-order chi connectivity index (χ1) is 4.35. The Hall–Kier alpha value is 0.390. The summed E-state index contributed by atoms with van der Waals surface area (Å²) in [6.45, 7) is 2.23. The average molecular weight is 147 g/mol. The zero-order valence-corrected chi connectivity index (χ0v) is 7.64. The summed E-state index contributed by atoms with van der Waals surface area (Å²) < 4.78 is 0. The first kappa shape index (κ1) is 9.39. The summed E-state index contributed by atoms with van der Waals surface area (Å²) in [4.78, 5) is 0. The molecule has 2 unspecified atom stereocenters. The molecule has 1 nitrogen and oxygen atoms in total. The fourth-order valence-electron chi connectivity index (χ4n) is 0.917. The van der Waals surface area contributed by atoms with E-state index >= 15 is 0 Å². The molecule has 0 spiro atoms. The van der Waals surface area contributed by atoms with Gasteiger partial charge in [-0.05, 0) is 32.5 Å². The molecule has 2 heteroatoms. The monoisotopic (exact) mass is 147 g/mol. The van der Waals surface area contributed by atoms with Gasteiger partial charge in [0.1, 0.15) is 0 Å². The predicted molar refractivity (Wildman–Crippen MR) is 46.9 cm³/mol. The molecule has 0 radical (unpaired) electrons. The zero-order chi connectivity index (χ0) is 7.11. The van der Waals surface area contributed by atoms with Crippen LogP contribution in [-0.4, -0.2) is 19.3 Å². The first-order valence-corrected chi connectivity index (χ1v) is 4.54. The van der Waals surface area contributed by atoms with Crippen molar-refractivity contribution in [2.24, 2.45) is 0 Å². The maximum Gasteiger partial charge on any atom is 0.00615 e. The summed E-state index contributed by atoms with van der Waals surface area (Å²) in [7, 11) is 4.80. The molecule has 0 fully saturated rings. The Morgan fingerprint density at radius 1 is 1.56 bits per heavy atom. The minimum atomic E-state index is 0.741. The summed E-state index contributed by atoms with van der Waals surface area (Å²) in [6, 6.07) is 0.741. The van der Waals surface area contributed by atoms with Crippen molar-refractivity contribution in [3.63, 3.8) is 0 Å². The van der Waals surface area contributed by atoms with E-state index in [1.807, 2.05) is 7.05 Å². The van der Waals surface area contributed by atoms with Crippen molar-refractivity contribution < 1.29 is 0 Å². The van der Waals surface area contributed by atoms with E-state index in [2.05, 4.69) is 21.5 Å². The van der Waals surface area contributed by atoms with Crippen LogP contribution in [0, 0.1) is 0 Å². The minimum absolute atomic E-state index is 0.741. The Morgan fingerprint density at radius 3 is 2.56 bits per heavy atom. The second-order valence-electron chi connectivity index (χ2n) is 2.32. The Bertz CT molecular complexity index is 52.9. The second-order valence-corrected chi connectivity index (χ2v) is 2.90. The molecule has 0 aromatic carbocycles. The molecule has 56 valence electrons. The van der Waals surface area contributed by atoms with Gasteiger partial charge in [0, 0.05) is 6.04 Å². The maximum absolute atomic E-state index is 3.28. The van der Waals surface area contributed by atoms with Crippen LogP contribution in [0.1, 0.15) is 26.2 Å². The topological polar surface area (TPSA) is 12.0 Å². The molecule has 0 rings (SSSR count). The van der Waals surface area contributed by atoms with Crippen LogP contribution in [0.2, 0.25) is 0 Å². The van der Waals surface area contributed by atoms with Crippen LogP contribution in [0.4, 0.5) is 0 Å². The SMILES string of the molecule is CCC(CCCP)NC.